The molecule has 3 rings (SSSR count). The van der Waals surface area contributed by atoms with E-state index in [4.69, 9.17) is 0 Å². The maximum atomic E-state index is 4.46. The number of rotatable bonds is 1. The summed E-state index contributed by atoms with van der Waals surface area (Å²) in [5.74, 6) is 6.94. The van der Waals surface area contributed by atoms with Crippen molar-refractivity contribution in [3.63, 3.8) is 0 Å². The maximum absolute atomic E-state index is 4.46. The van der Waals surface area contributed by atoms with Crippen molar-refractivity contribution < 1.29 is 0 Å². The monoisotopic (exact) mass is 298 g/mol. The molecule has 5 heteroatoms. The van der Waals surface area contributed by atoms with Crippen molar-refractivity contribution in [2.45, 2.75) is 32.6 Å². The molecule has 108 valence electrons. The highest BCUT2D eigenvalue weighted by Crippen LogP contribution is 2.15. The quantitative estimate of drug-likeness (QED) is 0.759. The van der Waals surface area contributed by atoms with E-state index in [1.54, 1.807) is 23.7 Å². The topological polar surface area (TPSA) is 41.9 Å². The Bertz CT molecular complexity index is 643. The van der Waals surface area contributed by atoms with Crippen LogP contribution in [0.15, 0.2) is 17.8 Å². The van der Waals surface area contributed by atoms with Crippen LogP contribution in [0.25, 0.3) is 0 Å². The van der Waals surface area contributed by atoms with Crippen LogP contribution in [0, 0.1) is 18.8 Å². The summed E-state index contributed by atoms with van der Waals surface area (Å²) >= 11 is 1.61. The highest BCUT2D eigenvalue weighted by Gasteiger charge is 2.11. The molecule has 0 N–H and O–H groups in total. The Morgan fingerprint density at radius 2 is 1.76 bits per heavy atom. The lowest BCUT2D eigenvalue weighted by atomic mass is 10.2. The molecule has 21 heavy (non-hydrogen) atoms. The van der Waals surface area contributed by atoms with Crippen LogP contribution in [-0.4, -0.2) is 28.0 Å². The maximum Gasteiger partial charge on any atom is 0.225 e. The summed E-state index contributed by atoms with van der Waals surface area (Å²) in [6, 6.07) is 0. The van der Waals surface area contributed by atoms with Crippen molar-refractivity contribution in [1.29, 1.82) is 0 Å². The summed E-state index contributed by atoms with van der Waals surface area (Å²) in [5, 5.41) is 3.00. The largest absolute Gasteiger partial charge is 0.341 e. The van der Waals surface area contributed by atoms with E-state index in [2.05, 4.69) is 31.7 Å². The van der Waals surface area contributed by atoms with Crippen molar-refractivity contribution >= 4 is 17.3 Å². The van der Waals surface area contributed by atoms with Gasteiger partial charge in [-0.15, -0.1) is 11.3 Å². The Labute approximate surface area is 129 Å². The summed E-state index contributed by atoms with van der Waals surface area (Å²) in [5.41, 5.74) is 1.65. The Morgan fingerprint density at radius 1 is 1.05 bits per heavy atom. The Morgan fingerprint density at radius 3 is 2.38 bits per heavy atom. The van der Waals surface area contributed by atoms with Gasteiger partial charge in [0.2, 0.25) is 5.95 Å². The molecule has 1 aliphatic heterocycles. The van der Waals surface area contributed by atoms with E-state index < -0.39 is 0 Å². The minimum Gasteiger partial charge on any atom is -0.341 e. The van der Waals surface area contributed by atoms with Gasteiger partial charge in [-0.3, -0.25) is 0 Å². The third-order valence-electron chi connectivity index (χ3n) is 3.48. The van der Waals surface area contributed by atoms with Crippen LogP contribution < -0.4 is 4.90 Å². The molecule has 0 radical (unpaired) electrons. The molecule has 2 aromatic rings. The zero-order chi connectivity index (χ0) is 14.5. The van der Waals surface area contributed by atoms with Gasteiger partial charge in [-0.1, -0.05) is 18.8 Å². The molecule has 0 aromatic carbocycles. The van der Waals surface area contributed by atoms with Gasteiger partial charge in [-0.2, -0.15) is 0 Å². The lowest BCUT2D eigenvalue weighted by molar-refractivity contribution is 0.726. The first-order valence-electron chi connectivity index (χ1n) is 7.32. The standard InChI is InChI=1S/C16H18N4S/c1-13-19-15(12-21-13)7-6-14-10-17-16(18-11-14)20-8-4-2-3-5-9-20/h10-12H,2-5,8-9H2,1H3. The van der Waals surface area contributed by atoms with Gasteiger partial charge in [0.15, 0.2) is 0 Å². The van der Waals surface area contributed by atoms with Crippen LogP contribution in [0.2, 0.25) is 0 Å². The van der Waals surface area contributed by atoms with E-state index in [-0.39, 0.29) is 0 Å². The zero-order valence-corrected chi connectivity index (χ0v) is 13.0. The Hall–Kier alpha value is -1.93. The SMILES string of the molecule is Cc1nc(C#Cc2cnc(N3CCCCCC3)nc2)cs1. The van der Waals surface area contributed by atoms with E-state index in [0.717, 1.165) is 35.3 Å². The van der Waals surface area contributed by atoms with Gasteiger partial charge in [-0.25, -0.2) is 15.0 Å². The number of thiazole rings is 1. The second-order valence-electron chi connectivity index (χ2n) is 5.17. The highest BCUT2D eigenvalue weighted by atomic mass is 32.1. The molecule has 1 saturated heterocycles. The van der Waals surface area contributed by atoms with Crippen molar-refractivity contribution in [3.05, 3.63) is 34.0 Å². The predicted molar refractivity (Wildman–Crippen MR) is 85.5 cm³/mol. The molecule has 0 spiro atoms. The van der Waals surface area contributed by atoms with Crippen molar-refractivity contribution in [3.8, 4) is 11.8 Å². The van der Waals surface area contributed by atoms with Gasteiger partial charge in [-0.05, 0) is 25.7 Å². The first-order chi connectivity index (χ1) is 10.3. The molecule has 0 unspecified atom stereocenters. The summed E-state index contributed by atoms with van der Waals surface area (Å²) < 4.78 is 0. The summed E-state index contributed by atoms with van der Waals surface area (Å²) in [4.78, 5) is 15.5. The lowest BCUT2D eigenvalue weighted by Crippen LogP contribution is -2.25. The zero-order valence-electron chi connectivity index (χ0n) is 12.2. The molecule has 0 aliphatic carbocycles. The van der Waals surface area contributed by atoms with E-state index in [1.807, 2.05) is 12.3 Å². The van der Waals surface area contributed by atoms with Crippen LogP contribution in [0.3, 0.4) is 0 Å². The minimum absolute atomic E-state index is 0.814. The van der Waals surface area contributed by atoms with Crippen LogP contribution in [0.5, 0.6) is 0 Å². The molecule has 1 fully saturated rings. The fourth-order valence-electron chi connectivity index (χ4n) is 2.38. The third-order valence-corrected chi connectivity index (χ3v) is 4.25. The first-order valence-corrected chi connectivity index (χ1v) is 8.20. The van der Waals surface area contributed by atoms with Gasteiger partial charge in [0.25, 0.3) is 0 Å². The molecule has 2 aromatic heterocycles. The molecule has 4 nitrogen and oxygen atoms in total. The molecule has 0 saturated carbocycles. The molecule has 0 bridgehead atoms. The van der Waals surface area contributed by atoms with E-state index in [0.29, 0.717) is 0 Å². The van der Waals surface area contributed by atoms with Gasteiger partial charge in [0.1, 0.15) is 5.69 Å². The summed E-state index contributed by atoms with van der Waals surface area (Å²) in [7, 11) is 0. The average molecular weight is 298 g/mol. The van der Waals surface area contributed by atoms with Crippen molar-refractivity contribution in [2.75, 3.05) is 18.0 Å². The second-order valence-corrected chi connectivity index (χ2v) is 6.24. The van der Waals surface area contributed by atoms with Crippen LogP contribution >= 0.6 is 11.3 Å². The van der Waals surface area contributed by atoms with Crippen molar-refractivity contribution in [2.24, 2.45) is 0 Å². The smallest absolute Gasteiger partial charge is 0.225 e. The Kier molecular flexibility index (Phi) is 4.46. The number of aromatic nitrogens is 3. The fourth-order valence-corrected chi connectivity index (χ4v) is 2.92. The van der Waals surface area contributed by atoms with Crippen LogP contribution in [0.4, 0.5) is 5.95 Å². The number of hydrogen-bond donors (Lipinski definition) is 0. The molecule has 0 atom stereocenters. The predicted octanol–water partition coefficient (Wildman–Crippen LogP) is 3.02. The molecule has 0 amide bonds. The van der Waals surface area contributed by atoms with E-state index in [9.17, 15) is 0 Å². The molecular formula is C16H18N4S. The van der Waals surface area contributed by atoms with Gasteiger partial charge in [0.05, 0.1) is 10.6 Å². The average Bonchev–Trinajstić information content (AvgIpc) is 2.76. The highest BCUT2D eigenvalue weighted by molar-refractivity contribution is 7.09. The van der Waals surface area contributed by atoms with Gasteiger partial charge < -0.3 is 4.90 Å². The van der Waals surface area contributed by atoms with E-state index >= 15 is 0 Å². The molecule has 3 heterocycles. The van der Waals surface area contributed by atoms with Crippen LogP contribution in [-0.2, 0) is 0 Å². The molecular weight excluding hydrogens is 280 g/mol. The number of aryl methyl sites for hydroxylation is 1. The number of hydrogen-bond acceptors (Lipinski definition) is 5. The third kappa shape index (κ3) is 3.79. The Balaban J connectivity index is 1.70. The summed E-state index contributed by atoms with van der Waals surface area (Å²) in [6.07, 6.45) is 8.70. The second kappa shape index (κ2) is 6.68. The van der Waals surface area contributed by atoms with E-state index in [1.165, 1.54) is 25.7 Å². The fraction of sp³-hybridized carbons (Fsp3) is 0.438. The summed E-state index contributed by atoms with van der Waals surface area (Å²) in [6.45, 7) is 4.10. The number of anilines is 1. The first kappa shape index (κ1) is 14.0. The lowest BCUT2D eigenvalue weighted by Gasteiger charge is -2.19. The van der Waals surface area contributed by atoms with Gasteiger partial charge >= 0.3 is 0 Å². The number of nitrogens with zero attached hydrogens (tertiary/aromatic N) is 4. The minimum atomic E-state index is 0.814. The van der Waals surface area contributed by atoms with Gasteiger partial charge in [0, 0.05) is 30.9 Å². The van der Waals surface area contributed by atoms with Crippen LogP contribution in [0.1, 0.15) is 41.9 Å². The van der Waals surface area contributed by atoms with Crippen molar-refractivity contribution in [1.82, 2.24) is 15.0 Å². The molecule has 1 aliphatic rings. The normalized spacial score (nSPS) is 15.2.